The van der Waals surface area contributed by atoms with Crippen molar-refractivity contribution in [2.24, 2.45) is 5.92 Å². The highest BCUT2D eigenvalue weighted by atomic mass is 19.1. The van der Waals surface area contributed by atoms with E-state index in [0.29, 0.717) is 11.6 Å². The van der Waals surface area contributed by atoms with E-state index in [2.05, 4.69) is 10.3 Å². The van der Waals surface area contributed by atoms with Crippen molar-refractivity contribution < 1.29 is 4.39 Å². The van der Waals surface area contributed by atoms with Crippen LogP contribution >= 0.6 is 0 Å². The molecule has 0 saturated carbocycles. The summed E-state index contributed by atoms with van der Waals surface area (Å²) in [6.45, 7) is 2.14. The lowest BCUT2D eigenvalue weighted by Crippen LogP contribution is -2.10. The third-order valence-corrected chi connectivity index (χ3v) is 3.15. The van der Waals surface area contributed by atoms with E-state index in [1.807, 2.05) is 12.4 Å². The van der Waals surface area contributed by atoms with Gasteiger partial charge in [-0.15, -0.1) is 0 Å². The molecule has 1 N–H and O–H groups in total. The Kier molecular flexibility index (Phi) is 2.36. The SMILES string of the molecule is Fc1cccn2cc(CC3CCNC3)nc12. The molecule has 0 spiro atoms. The van der Waals surface area contributed by atoms with Gasteiger partial charge in [-0.05, 0) is 44.0 Å². The van der Waals surface area contributed by atoms with Gasteiger partial charge in [0.1, 0.15) is 0 Å². The molecule has 0 radical (unpaired) electrons. The minimum Gasteiger partial charge on any atom is -0.316 e. The minimum absolute atomic E-state index is 0.252. The van der Waals surface area contributed by atoms with Crippen LogP contribution in [0.3, 0.4) is 0 Å². The first kappa shape index (κ1) is 9.78. The van der Waals surface area contributed by atoms with Crippen LogP contribution in [-0.4, -0.2) is 22.5 Å². The molecule has 84 valence electrons. The van der Waals surface area contributed by atoms with Crippen LogP contribution < -0.4 is 5.32 Å². The second kappa shape index (κ2) is 3.87. The molecule has 3 nitrogen and oxygen atoms in total. The molecule has 1 unspecified atom stereocenters. The lowest BCUT2D eigenvalue weighted by atomic mass is 10.0. The lowest BCUT2D eigenvalue weighted by Gasteiger charge is -2.03. The van der Waals surface area contributed by atoms with Gasteiger partial charge in [0, 0.05) is 12.4 Å². The van der Waals surface area contributed by atoms with Gasteiger partial charge in [0.15, 0.2) is 11.5 Å². The summed E-state index contributed by atoms with van der Waals surface area (Å²) in [7, 11) is 0. The molecule has 0 aromatic carbocycles. The van der Waals surface area contributed by atoms with Crippen molar-refractivity contribution in [2.45, 2.75) is 12.8 Å². The number of hydrogen-bond acceptors (Lipinski definition) is 2. The van der Waals surface area contributed by atoms with Crippen LogP contribution in [-0.2, 0) is 6.42 Å². The van der Waals surface area contributed by atoms with Gasteiger partial charge in [0.2, 0.25) is 0 Å². The van der Waals surface area contributed by atoms with Gasteiger partial charge in [-0.25, -0.2) is 9.37 Å². The maximum Gasteiger partial charge on any atom is 0.173 e. The summed E-state index contributed by atoms with van der Waals surface area (Å²) in [5, 5.41) is 3.33. The maximum absolute atomic E-state index is 13.4. The number of pyridine rings is 1. The number of nitrogens with zero attached hydrogens (tertiary/aromatic N) is 2. The zero-order valence-corrected chi connectivity index (χ0v) is 8.99. The van der Waals surface area contributed by atoms with Crippen molar-refractivity contribution in [3.05, 3.63) is 36.0 Å². The molecule has 1 aliphatic heterocycles. The van der Waals surface area contributed by atoms with Crippen LogP contribution in [0.4, 0.5) is 4.39 Å². The average Bonchev–Trinajstić information content (AvgIpc) is 2.88. The van der Waals surface area contributed by atoms with E-state index in [4.69, 9.17) is 0 Å². The molecule has 3 heterocycles. The summed E-state index contributed by atoms with van der Waals surface area (Å²) in [6.07, 6.45) is 5.89. The predicted octanol–water partition coefficient (Wildman–Crippen LogP) is 1.63. The van der Waals surface area contributed by atoms with E-state index in [0.717, 1.165) is 25.2 Å². The Labute approximate surface area is 93.3 Å². The molecular formula is C12H14FN3. The number of nitrogens with one attached hydrogen (secondary N) is 1. The minimum atomic E-state index is -0.252. The van der Waals surface area contributed by atoms with Crippen LogP contribution in [0, 0.1) is 11.7 Å². The molecule has 2 aromatic rings. The molecule has 2 aromatic heterocycles. The van der Waals surface area contributed by atoms with Gasteiger partial charge in [-0.3, -0.25) is 0 Å². The quantitative estimate of drug-likeness (QED) is 0.831. The number of halogens is 1. The molecule has 1 atom stereocenters. The van der Waals surface area contributed by atoms with Crippen molar-refractivity contribution >= 4 is 5.65 Å². The first-order valence-electron chi connectivity index (χ1n) is 5.66. The fraction of sp³-hybridized carbons (Fsp3) is 0.417. The summed E-state index contributed by atoms with van der Waals surface area (Å²) < 4.78 is 15.2. The second-order valence-corrected chi connectivity index (χ2v) is 4.38. The normalized spacial score (nSPS) is 20.7. The number of fused-ring (bicyclic) bond motifs is 1. The summed E-state index contributed by atoms with van der Waals surface area (Å²) >= 11 is 0. The zero-order chi connectivity index (χ0) is 11.0. The molecular weight excluding hydrogens is 205 g/mol. The van der Waals surface area contributed by atoms with Gasteiger partial charge in [0.05, 0.1) is 5.69 Å². The third-order valence-electron chi connectivity index (χ3n) is 3.15. The third kappa shape index (κ3) is 1.69. The highest BCUT2D eigenvalue weighted by molar-refractivity contribution is 5.41. The number of rotatable bonds is 2. The maximum atomic E-state index is 13.4. The Morgan fingerprint density at radius 2 is 2.50 bits per heavy atom. The van der Waals surface area contributed by atoms with Crippen molar-refractivity contribution in [3.8, 4) is 0 Å². The van der Waals surface area contributed by atoms with E-state index < -0.39 is 0 Å². The highest BCUT2D eigenvalue weighted by Crippen LogP contribution is 2.16. The Balaban J connectivity index is 1.90. The summed E-state index contributed by atoms with van der Waals surface area (Å²) in [6, 6.07) is 3.15. The predicted molar refractivity (Wildman–Crippen MR) is 59.8 cm³/mol. The summed E-state index contributed by atoms with van der Waals surface area (Å²) in [4.78, 5) is 4.34. The number of aromatic nitrogens is 2. The topological polar surface area (TPSA) is 29.3 Å². The standard InChI is InChI=1S/C12H14FN3/c13-11-2-1-5-16-8-10(15-12(11)16)6-9-3-4-14-7-9/h1-2,5,8-9,14H,3-4,6-7H2. The molecule has 1 fully saturated rings. The molecule has 1 saturated heterocycles. The smallest absolute Gasteiger partial charge is 0.173 e. The van der Waals surface area contributed by atoms with Crippen LogP contribution in [0.2, 0.25) is 0 Å². The summed E-state index contributed by atoms with van der Waals surface area (Å²) in [5.41, 5.74) is 1.42. The van der Waals surface area contributed by atoms with Crippen molar-refractivity contribution in [2.75, 3.05) is 13.1 Å². The van der Waals surface area contributed by atoms with Gasteiger partial charge in [0.25, 0.3) is 0 Å². The molecule has 4 heteroatoms. The van der Waals surface area contributed by atoms with Crippen LogP contribution in [0.15, 0.2) is 24.5 Å². The van der Waals surface area contributed by atoms with Crippen LogP contribution in [0.5, 0.6) is 0 Å². The van der Waals surface area contributed by atoms with Crippen molar-refractivity contribution in [3.63, 3.8) is 0 Å². The van der Waals surface area contributed by atoms with Gasteiger partial charge < -0.3 is 9.72 Å². The molecule has 3 rings (SSSR count). The van der Waals surface area contributed by atoms with E-state index >= 15 is 0 Å². The molecule has 1 aliphatic rings. The average molecular weight is 219 g/mol. The van der Waals surface area contributed by atoms with E-state index in [1.165, 1.54) is 12.5 Å². The Morgan fingerprint density at radius 3 is 3.25 bits per heavy atom. The first-order chi connectivity index (χ1) is 7.83. The zero-order valence-electron chi connectivity index (χ0n) is 8.99. The van der Waals surface area contributed by atoms with Crippen LogP contribution in [0.1, 0.15) is 12.1 Å². The van der Waals surface area contributed by atoms with Gasteiger partial charge in [-0.2, -0.15) is 0 Å². The monoisotopic (exact) mass is 219 g/mol. The van der Waals surface area contributed by atoms with Crippen LogP contribution in [0.25, 0.3) is 5.65 Å². The lowest BCUT2D eigenvalue weighted by molar-refractivity contribution is 0.573. The molecule has 0 amide bonds. The van der Waals surface area contributed by atoms with E-state index in [1.54, 1.807) is 10.5 Å². The first-order valence-corrected chi connectivity index (χ1v) is 5.66. The van der Waals surface area contributed by atoms with Gasteiger partial charge >= 0.3 is 0 Å². The van der Waals surface area contributed by atoms with E-state index in [-0.39, 0.29) is 5.82 Å². The highest BCUT2D eigenvalue weighted by Gasteiger charge is 2.16. The van der Waals surface area contributed by atoms with Crippen molar-refractivity contribution in [1.29, 1.82) is 0 Å². The largest absolute Gasteiger partial charge is 0.316 e. The molecule has 0 bridgehead atoms. The summed E-state index contributed by atoms with van der Waals surface area (Å²) in [5.74, 6) is 0.395. The van der Waals surface area contributed by atoms with E-state index in [9.17, 15) is 4.39 Å². The fourth-order valence-corrected chi connectivity index (χ4v) is 2.31. The second-order valence-electron chi connectivity index (χ2n) is 4.38. The molecule has 0 aliphatic carbocycles. The molecule has 16 heavy (non-hydrogen) atoms. The Bertz CT molecular complexity index is 500. The Hall–Kier alpha value is -1.42. The number of hydrogen-bond donors (Lipinski definition) is 1. The number of imidazole rings is 1. The van der Waals surface area contributed by atoms with Crippen molar-refractivity contribution in [1.82, 2.24) is 14.7 Å². The Morgan fingerprint density at radius 1 is 1.56 bits per heavy atom. The fourth-order valence-electron chi connectivity index (χ4n) is 2.31. The van der Waals surface area contributed by atoms with Gasteiger partial charge in [-0.1, -0.05) is 0 Å².